The molecule has 0 radical (unpaired) electrons. The molecular formula is C25H31ClF2N2O4. The number of hydrogen-bond donors (Lipinski definition) is 2. The third kappa shape index (κ3) is 7.21. The monoisotopic (exact) mass is 496 g/mol. The Morgan fingerprint density at radius 1 is 1.18 bits per heavy atom. The minimum atomic E-state index is -3.11. The van der Waals surface area contributed by atoms with E-state index in [0.717, 1.165) is 5.56 Å². The molecule has 2 aromatic rings. The maximum atomic E-state index is 13.7. The number of carbonyl (C=O) groups is 1. The number of nitrogens with zero attached hydrogens (tertiary/aromatic N) is 1. The number of fused-ring (bicyclic) bond motifs is 1. The molecule has 34 heavy (non-hydrogen) atoms. The second-order valence-corrected chi connectivity index (χ2v) is 9.56. The second kappa shape index (κ2) is 11.2. The Kier molecular flexibility index (Phi) is 8.60. The van der Waals surface area contributed by atoms with Gasteiger partial charge in [0, 0.05) is 32.1 Å². The van der Waals surface area contributed by atoms with E-state index in [1.165, 1.54) is 0 Å². The van der Waals surface area contributed by atoms with Crippen molar-refractivity contribution in [3.63, 3.8) is 0 Å². The molecular weight excluding hydrogens is 466 g/mol. The van der Waals surface area contributed by atoms with Crippen molar-refractivity contribution in [3.05, 3.63) is 52.5 Å². The number of amides is 1. The van der Waals surface area contributed by atoms with Crippen molar-refractivity contribution in [2.45, 2.75) is 39.8 Å². The quantitative estimate of drug-likeness (QED) is 0.518. The molecule has 0 fully saturated rings. The van der Waals surface area contributed by atoms with Crippen LogP contribution in [0.4, 0.5) is 8.78 Å². The maximum absolute atomic E-state index is 13.7. The number of alkyl halides is 2. The molecule has 2 N–H and O–H groups in total. The average Bonchev–Trinajstić information content (AvgIpc) is 2.91. The standard InChI is InChI=1S/C25H31ClF2N2O4/c1-16(2)12-30(24(32)17(3)10-29-11-18-5-4-6-20(31)7-18)13-19-8-21(26)23-22(9-19)33-14-25(27,28)15-34-23/h4-9,16-17,29,31H,10-15H2,1-3H3/t17-/m1/s1. The number of halogens is 3. The molecule has 6 nitrogen and oxygen atoms in total. The van der Waals surface area contributed by atoms with Crippen molar-refractivity contribution in [1.29, 1.82) is 0 Å². The molecule has 1 heterocycles. The summed E-state index contributed by atoms with van der Waals surface area (Å²) in [5.41, 5.74) is 1.59. The van der Waals surface area contributed by atoms with Crippen LogP contribution in [0.2, 0.25) is 5.02 Å². The molecule has 0 bridgehead atoms. The molecule has 2 aromatic carbocycles. The lowest BCUT2D eigenvalue weighted by atomic mass is 10.1. The molecule has 1 atom stereocenters. The first-order chi connectivity index (χ1) is 16.0. The van der Waals surface area contributed by atoms with Crippen molar-refractivity contribution in [3.8, 4) is 17.2 Å². The first kappa shape index (κ1) is 26.0. The molecule has 3 rings (SSSR count). The average molecular weight is 497 g/mol. The Morgan fingerprint density at radius 3 is 2.62 bits per heavy atom. The number of phenolic OH excluding ortho intramolecular Hbond substituents is 1. The largest absolute Gasteiger partial charge is 0.508 e. The van der Waals surface area contributed by atoms with E-state index in [-0.39, 0.29) is 46.6 Å². The lowest BCUT2D eigenvalue weighted by Crippen LogP contribution is -2.40. The lowest BCUT2D eigenvalue weighted by molar-refractivity contribution is -0.136. The van der Waals surface area contributed by atoms with Crippen LogP contribution < -0.4 is 14.8 Å². The highest BCUT2D eigenvalue weighted by molar-refractivity contribution is 6.32. The van der Waals surface area contributed by atoms with Crippen LogP contribution in [-0.2, 0) is 17.9 Å². The molecule has 1 aliphatic rings. The van der Waals surface area contributed by atoms with Crippen LogP contribution in [0.25, 0.3) is 0 Å². The minimum Gasteiger partial charge on any atom is -0.508 e. The number of rotatable bonds is 9. The highest BCUT2D eigenvalue weighted by Gasteiger charge is 2.35. The second-order valence-electron chi connectivity index (χ2n) is 9.15. The van der Waals surface area contributed by atoms with Gasteiger partial charge in [0.25, 0.3) is 0 Å². The van der Waals surface area contributed by atoms with E-state index in [9.17, 15) is 18.7 Å². The number of aromatic hydroxyl groups is 1. The van der Waals surface area contributed by atoms with Crippen LogP contribution in [0.15, 0.2) is 36.4 Å². The predicted molar refractivity (Wildman–Crippen MR) is 127 cm³/mol. The van der Waals surface area contributed by atoms with Gasteiger partial charge in [-0.3, -0.25) is 4.79 Å². The molecule has 0 spiro atoms. The van der Waals surface area contributed by atoms with Gasteiger partial charge in [-0.1, -0.05) is 44.5 Å². The number of nitrogens with one attached hydrogen (secondary N) is 1. The predicted octanol–water partition coefficient (Wildman–Crippen LogP) is 4.86. The van der Waals surface area contributed by atoms with Crippen molar-refractivity contribution in [1.82, 2.24) is 10.2 Å². The van der Waals surface area contributed by atoms with Crippen molar-refractivity contribution < 1.29 is 28.2 Å². The Labute approximate surface area is 203 Å². The summed E-state index contributed by atoms with van der Waals surface area (Å²) in [4.78, 5) is 15.0. The molecule has 9 heteroatoms. The highest BCUT2D eigenvalue weighted by Crippen LogP contribution is 2.40. The first-order valence-corrected chi connectivity index (χ1v) is 11.6. The van der Waals surface area contributed by atoms with Gasteiger partial charge in [-0.2, -0.15) is 8.78 Å². The Balaban J connectivity index is 1.67. The Bertz CT molecular complexity index is 1000. The summed E-state index contributed by atoms with van der Waals surface area (Å²) in [7, 11) is 0. The summed E-state index contributed by atoms with van der Waals surface area (Å²) in [5.74, 6) is -2.78. The third-order valence-electron chi connectivity index (χ3n) is 5.32. The minimum absolute atomic E-state index is 0.0353. The molecule has 1 amide bonds. The van der Waals surface area contributed by atoms with Gasteiger partial charge in [-0.25, -0.2) is 0 Å². The number of phenols is 1. The van der Waals surface area contributed by atoms with Crippen LogP contribution >= 0.6 is 11.6 Å². The van der Waals surface area contributed by atoms with Gasteiger partial charge in [0.05, 0.1) is 5.02 Å². The van der Waals surface area contributed by atoms with Crippen molar-refractivity contribution in [2.24, 2.45) is 11.8 Å². The van der Waals surface area contributed by atoms with Crippen LogP contribution in [-0.4, -0.2) is 48.1 Å². The van der Waals surface area contributed by atoms with E-state index in [1.54, 1.807) is 35.2 Å². The molecule has 0 saturated carbocycles. The molecule has 0 aliphatic carbocycles. The normalized spacial score (nSPS) is 15.6. The Morgan fingerprint density at radius 2 is 1.91 bits per heavy atom. The molecule has 0 aromatic heterocycles. The summed E-state index contributed by atoms with van der Waals surface area (Å²) >= 11 is 6.30. The maximum Gasteiger partial charge on any atom is 0.314 e. The number of benzene rings is 2. The fraction of sp³-hybridized carbons (Fsp3) is 0.480. The van der Waals surface area contributed by atoms with E-state index >= 15 is 0 Å². The zero-order valence-corrected chi connectivity index (χ0v) is 20.4. The van der Waals surface area contributed by atoms with E-state index in [0.29, 0.717) is 25.2 Å². The van der Waals surface area contributed by atoms with E-state index in [2.05, 4.69) is 5.32 Å². The highest BCUT2D eigenvalue weighted by atomic mass is 35.5. The SMILES string of the molecule is CC(C)CN(Cc1cc(Cl)c2c(c1)OCC(F)(F)CO2)C(=O)[C@H](C)CNCc1cccc(O)c1. The molecule has 0 saturated heterocycles. The summed E-state index contributed by atoms with van der Waals surface area (Å²) in [6, 6.07) is 10.2. The molecule has 1 aliphatic heterocycles. The number of carbonyl (C=O) groups excluding carboxylic acids is 1. The van der Waals surface area contributed by atoms with E-state index < -0.39 is 19.1 Å². The zero-order valence-electron chi connectivity index (χ0n) is 19.6. The van der Waals surface area contributed by atoms with Crippen molar-refractivity contribution in [2.75, 3.05) is 26.3 Å². The van der Waals surface area contributed by atoms with Gasteiger partial charge in [0.15, 0.2) is 24.7 Å². The van der Waals surface area contributed by atoms with Crippen LogP contribution in [0.3, 0.4) is 0 Å². The van der Waals surface area contributed by atoms with Gasteiger partial charge in [-0.15, -0.1) is 0 Å². The molecule has 186 valence electrons. The summed E-state index contributed by atoms with van der Waals surface area (Å²) in [5, 5.41) is 13.0. The fourth-order valence-electron chi connectivity index (χ4n) is 3.75. The van der Waals surface area contributed by atoms with Gasteiger partial charge >= 0.3 is 5.92 Å². The topological polar surface area (TPSA) is 71.0 Å². The smallest absolute Gasteiger partial charge is 0.314 e. The van der Waals surface area contributed by atoms with E-state index in [1.807, 2.05) is 26.8 Å². The fourth-order valence-corrected chi connectivity index (χ4v) is 4.04. The molecule has 0 unspecified atom stereocenters. The summed E-state index contributed by atoms with van der Waals surface area (Å²) < 4.78 is 37.8. The van der Waals surface area contributed by atoms with Gasteiger partial charge in [0.2, 0.25) is 5.91 Å². The first-order valence-electron chi connectivity index (χ1n) is 11.3. The summed E-state index contributed by atoms with van der Waals surface area (Å²) in [6.07, 6.45) is 0. The van der Waals surface area contributed by atoms with Gasteiger partial charge < -0.3 is 24.8 Å². The van der Waals surface area contributed by atoms with E-state index in [4.69, 9.17) is 21.1 Å². The van der Waals surface area contributed by atoms with Gasteiger partial charge in [0.1, 0.15) is 5.75 Å². The number of hydrogen-bond acceptors (Lipinski definition) is 5. The van der Waals surface area contributed by atoms with Crippen LogP contribution in [0.1, 0.15) is 31.9 Å². The van der Waals surface area contributed by atoms with Crippen LogP contribution in [0.5, 0.6) is 17.2 Å². The lowest BCUT2D eigenvalue weighted by Gasteiger charge is -2.28. The number of ether oxygens (including phenoxy) is 2. The van der Waals surface area contributed by atoms with Crippen molar-refractivity contribution >= 4 is 17.5 Å². The van der Waals surface area contributed by atoms with Gasteiger partial charge in [-0.05, 0) is 41.3 Å². The third-order valence-corrected chi connectivity index (χ3v) is 5.60. The zero-order chi connectivity index (χ0) is 24.9. The van der Waals surface area contributed by atoms with Crippen LogP contribution in [0, 0.1) is 11.8 Å². The summed E-state index contributed by atoms with van der Waals surface area (Å²) in [6.45, 7) is 6.08. The Hall–Kier alpha value is -2.58.